The molecule has 2 N–H and O–H groups in total. The highest BCUT2D eigenvalue weighted by molar-refractivity contribution is 9.10. The Kier molecular flexibility index (Phi) is 2.67. The molecular formula is C10H11BrN2O2. The summed E-state index contributed by atoms with van der Waals surface area (Å²) < 4.78 is 6.00. The predicted molar refractivity (Wildman–Crippen MR) is 61.1 cm³/mol. The minimum atomic E-state index is -0.276. The molecule has 1 heterocycles. The smallest absolute Gasteiger partial charge is 0.246 e. The fraction of sp³-hybridized carbons (Fsp3) is 0.300. The minimum absolute atomic E-state index is 0.0346. The zero-order chi connectivity index (χ0) is 11.0. The van der Waals surface area contributed by atoms with Gasteiger partial charge in [-0.15, -0.1) is 0 Å². The van der Waals surface area contributed by atoms with Crippen molar-refractivity contribution in [3.8, 4) is 5.75 Å². The predicted octanol–water partition coefficient (Wildman–Crippen LogP) is 1.67. The van der Waals surface area contributed by atoms with Gasteiger partial charge in [0.25, 0.3) is 0 Å². The molecule has 0 saturated carbocycles. The number of rotatable bonds is 2. The lowest BCUT2D eigenvalue weighted by atomic mass is 10.1. The normalized spacial score (nSPS) is 18.6. The molecule has 80 valence electrons. The van der Waals surface area contributed by atoms with Crippen LogP contribution in [0.5, 0.6) is 5.75 Å². The fourth-order valence-corrected chi connectivity index (χ4v) is 2.23. The number of likely N-dealkylation sites (N-methyl/N-ethyl adjacent to an activating group) is 1. The Morgan fingerprint density at radius 3 is 2.87 bits per heavy atom. The first kappa shape index (κ1) is 10.4. The van der Waals surface area contributed by atoms with Crippen molar-refractivity contribution in [1.29, 1.82) is 0 Å². The van der Waals surface area contributed by atoms with Gasteiger partial charge >= 0.3 is 0 Å². The second-order valence-corrected chi connectivity index (χ2v) is 4.14. The van der Waals surface area contributed by atoms with Crippen LogP contribution in [-0.2, 0) is 4.79 Å². The molecule has 1 aliphatic rings. The molecule has 0 spiro atoms. The van der Waals surface area contributed by atoms with E-state index in [9.17, 15) is 4.79 Å². The number of ether oxygens (including phenoxy) is 1. The van der Waals surface area contributed by atoms with Gasteiger partial charge in [-0.1, -0.05) is 0 Å². The molecule has 5 heteroatoms. The van der Waals surface area contributed by atoms with E-state index in [0.717, 1.165) is 15.7 Å². The van der Waals surface area contributed by atoms with Crippen molar-refractivity contribution in [3.63, 3.8) is 0 Å². The first-order valence-electron chi connectivity index (χ1n) is 4.53. The first-order valence-corrected chi connectivity index (χ1v) is 5.32. The molecular weight excluding hydrogens is 260 g/mol. The molecule has 0 aliphatic carbocycles. The SMILES string of the molecule is CNC1C(=O)Nc2cc(OC)c(Br)cc21. The van der Waals surface area contributed by atoms with E-state index in [0.29, 0.717) is 5.75 Å². The number of amides is 1. The number of hydrogen-bond donors (Lipinski definition) is 2. The maximum absolute atomic E-state index is 11.5. The van der Waals surface area contributed by atoms with Crippen LogP contribution in [0.3, 0.4) is 0 Å². The molecule has 4 nitrogen and oxygen atoms in total. The first-order chi connectivity index (χ1) is 7.17. The number of anilines is 1. The zero-order valence-electron chi connectivity index (χ0n) is 8.43. The molecule has 0 radical (unpaired) electrons. The molecule has 0 fully saturated rings. The summed E-state index contributed by atoms with van der Waals surface area (Å²) in [6.07, 6.45) is 0. The van der Waals surface area contributed by atoms with E-state index in [4.69, 9.17) is 4.74 Å². The number of nitrogens with one attached hydrogen (secondary N) is 2. The van der Waals surface area contributed by atoms with Gasteiger partial charge in [-0.3, -0.25) is 4.79 Å². The van der Waals surface area contributed by atoms with Gasteiger partial charge in [-0.05, 0) is 29.0 Å². The Morgan fingerprint density at radius 1 is 1.53 bits per heavy atom. The van der Waals surface area contributed by atoms with Gasteiger partial charge in [0.15, 0.2) is 0 Å². The number of carbonyl (C=O) groups excluding carboxylic acids is 1. The summed E-state index contributed by atoms with van der Waals surface area (Å²) in [5.74, 6) is 0.679. The number of fused-ring (bicyclic) bond motifs is 1. The van der Waals surface area contributed by atoms with E-state index < -0.39 is 0 Å². The van der Waals surface area contributed by atoms with Crippen LogP contribution in [0.15, 0.2) is 16.6 Å². The highest BCUT2D eigenvalue weighted by Gasteiger charge is 2.30. The molecule has 1 aromatic carbocycles. The molecule has 1 unspecified atom stereocenters. The van der Waals surface area contributed by atoms with E-state index in [2.05, 4.69) is 26.6 Å². The van der Waals surface area contributed by atoms with Crippen LogP contribution in [0.2, 0.25) is 0 Å². The number of methoxy groups -OCH3 is 1. The van der Waals surface area contributed by atoms with Crippen molar-refractivity contribution >= 4 is 27.5 Å². The topological polar surface area (TPSA) is 50.4 Å². The fourth-order valence-electron chi connectivity index (χ4n) is 1.71. The zero-order valence-corrected chi connectivity index (χ0v) is 10.0. The highest BCUT2D eigenvalue weighted by atomic mass is 79.9. The third-order valence-electron chi connectivity index (χ3n) is 2.44. The average molecular weight is 271 g/mol. The van der Waals surface area contributed by atoms with E-state index in [1.54, 1.807) is 14.2 Å². The van der Waals surface area contributed by atoms with E-state index in [-0.39, 0.29) is 11.9 Å². The monoisotopic (exact) mass is 270 g/mol. The minimum Gasteiger partial charge on any atom is -0.495 e. The summed E-state index contributed by atoms with van der Waals surface area (Å²) in [7, 11) is 3.36. The van der Waals surface area contributed by atoms with Crippen LogP contribution in [0, 0.1) is 0 Å². The Morgan fingerprint density at radius 2 is 2.27 bits per heavy atom. The molecule has 2 rings (SSSR count). The second kappa shape index (κ2) is 3.83. The van der Waals surface area contributed by atoms with E-state index >= 15 is 0 Å². The van der Waals surface area contributed by atoms with Crippen molar-refractivity contribution in [2.75, 3.05) is 19.5 Å². The van der Waals surface area contributed by atoms with Gasteiger partial charge in [0.2, 0.25) is 5.91 Å². The lowest BCUT2D eigenvalue weighted by Gasteiger charge is -2.09. The van der Waals surface area contributed by atoms with Gasteiger partial charge in [0.05, 0.1) is 11.6 Å². The summed E-state index contributed by atoms with van der Waals surface area (Å²) in [5, 5.41) is 5.76. The highest BCUT2D eigenvalue weighted by Crippen LogP contribution is 2.38. The van der Waals surface area contributed by atoms with E-state index in [1.807, 2.05) is 12.1 Å². The maximum atomic E-state index is 11.5. The second-order valence-electron chi connectivity index (χ2n) is 3.28. The molecule has 1 atom stereocenters. The number of benzene rings is 1. The van der Waals surface area contributed by atoms with Gasteiger partial charge in [-0.2, -0.15) is 0 Å². The van der Waals surface area contributed by atoms with Crippen molar-refractivity contribution in [1.82, 2.24) is 5.32 Å². The lowest BCUT2D eigenvalue weighted by molar-refractivity contribution is -0.117. The standard InChI is InChI=1S/C10H11BrN2O2/c1-12-9-5-3-6(11)8(15-2)4-7(5)13-10(9)14/h3-4,9,12H,1-2H3,(H,13,14). The van der Waals surface area contributed by atoms with Crippen LogP contribution in [-0.4, -0.2) is 20.1 Å². The average Bonchev–Trinajstić information content (AvgIpc) is 2.51. The van der Waals surface area contributed by atoms with Crippen LogP contribution in [0.25, 0.3) is 0 Å². The Bertz CT molecular complexity index is 420. The molecule has 1 amide bonds. The van der Waals surface area contributed by atoms with Crippen molar-refractivity contribution in [2.45, 2.75) is 6.04 Å². The molecule has 1 aromatic rings. The van der Waals surface area contributed by atoms with Crippen LogP contribution in [0.4, 0.5) is 5.69 Å². The van der Waals surface area contributed by atoms with Crippen molar-refractivity contribution in [3.05, 3.63) is 22.2 Å². The lowest BCUT2D eigenvalue weighted by Crippen LogP contribution is -2.23. The van der Waals surface area contributed by atoms with Gasteiger partial charge < -0.3 is 15.4 Å². The quantitative estimate of drug-likeness (QED) is 0.860. The van der Waals surface area contributed by atoms with Crippen LogP contribution >= 0.6 is 15.9 Å². The third-order valence-corrected chi connectivity index (χ3v) is 3.06. The summed E-state index contributed by atoms with van der Waals surface area (Å²) >= 11 is 3.39. The molecule has 0 aromatic heterocycles. The van der Waals surface area contributed by atoms with Crippen LogP contribution < -0.4 is 15.4 Å². The number of halogens is 1. The molecule has 15 heavy (non-hydrogen) atoms. The summed E-state index contributed by atoms with van der Waals surface area (Å²) in [4.78, 5) is 11.5. The largest absolute Gasteiger partial charge is 0.495 e. The maximum Gasteiger partial charge on any atom is 0.246 e. The van der Waals surface area contributed by atoms with Crippen molar-refractivity contribution < 1.29 is 9.53 Å². The molecule has 0 bridgehead atoms. The summed E-state index contributed by atoms with van der Waals surface area (Å²) in [6.45, 7) is 0. The Hall–Kier alpha value is -1.07. The van der Waals surface area contributed by atoms with Gasteiger partial charge in [0, 0.05) is 17.3 Å². The van der Waals surface area contributed by atoms with Gasteiger partial charge in [-0.25, -0.2) is 0 Å². The molecule has 1 aliphatic heterocycles. The van der Waals surface area contributed by atoms with Crippen molar-refractivity contribution in [2.24, 2.45) is 0 Å². The summed E-state index contributed by atoms with van der Waals surface area (Å²) in [5.41, 5.74) is 1.74. The third kappa shape index (κ3) is 1.61. The molecule has 0 saturated heterocycles. The summed E-state index contributed by atoms with van der Waals surface area (Å²) in [6, 6.07) is 3.43. The van der Waals surface area contributed by atoms with Crippen LogP contribution in [0.1, 0.15) is 11.6 Å². The Balaban J connectivity index is 2.51. The number of carbonyl (C=O) groups is 1. The van der Waals surface area contributed by atoms with E-state index in [1.165, 1.54) is 0 Å². The Labute approximate surface area is 96.1 Å². The van der Waals surface area contributed by atoms with Gasteiger partial charge in [0.1, 0.15) is 11.8 Å². The number of hydrogen-bond acceptors (Lipinski definition) is 3.